The van der Waals surface area contributed by atoms with Crippen molar-refractivity contribution in [2.45, 2.75) is 13.3 Å². The lowest BCUT2D eigenvalue weighted by Crippen LogP contribution is -2.58. The van der Waals surface area contributed by atoms with Gasteiger partial charge in [0.1, 0.15) is 0 Å². The quantitative estimate of drug-likeness (QED) is 0.477. The van der Waals surface area contributed by atoms with Gasteiger partial charge in [0.25, 0.3) is 5.91 Å². The van der Waals surface area contributed by atoms with Crippen LogP contribution in [0.3, 0.4) is 0 Å². The topological polar surface area (TPSA) is 55.8 Å². The van der Waals surface area contributed by atoms with Crippen LogP contribution in [0.25, 0.3) is 0 Å². The van der Waals surface area contributed by atoms with Gasteiger partial charge in [-0.15, -0.1) is 0 Å². The summed E-state index contributed by atoms with van der Waals surface area (Å²) in [7, 11) is 3.95. The molecule has 1 rings (SSSR count). The molecule has 0 radical (unpaired) electrons. The van der Waals surface area contributed by atoms with Crippen molar-refractivity contribution < 1.29 is 10.0 Å². The summed E-state index contributed by atoms with van der Waals surface area (Å²) in [5.74, 6) is -0.279. The van der Waals surface area contributed by atoms with Crippen LogP contribution in [0.2, 0.25) is 0 Å². The maximum absolute atomic E-state index is 11.6. The summed E-state index contributed by atoms with van der Waals surface area (Å²) in [5, 5.41) is 8.72. The van der Waals surface area contributed by atoms with Gasteiger partial charge in [-0.25, -0.2) is 5.48 Å². The van der Waals surface area contributed by atoms with Crippen LogP contribution in [0.15, 0.2) is 0 Å². The average molecular weight is 201 g/mol. The summed E-state index contributed by atoms with van der Waals surface area (Å²) in [5.41, 5.74) is 1.30. The fourth-order valence-corrected chi connectivity index (χ4v) is 2.24. The molecule has 0 aliphatic carbocycles. The second-order valence-electron chi connectivity index (χ2n) is 4.24. The minimum atomic E-state index is -0.476. The van der Waals surface area contributed by atoms with Crippen LogP contribution in [-0.4, -0.2) is 54.8 Å². The van der Waals surface area contributed by atoms with E-state index < -0.39 is 5.41 Å². The predicted octanol–water partition coefficient (Wildman–Crippen LogP) is -0.277. The molecular formula is C9H19N3O2. The highest BCUT2D eigenvalue weighted by Crippen LogP contribution is 2.27. The summed E-state index contributed by atoms with van der Waals surface area (Å²) in [6.45, 7) is 4.23. The molecule has 14 heavy (non-hydrogen) atoms. The normalized spacial score (nSPS) is 23.4. The summed E-state index contributed by atoms with van der Waals surface area (Å²) >= 11 is 0. The van der Waals surface area contributed by atoms with Crippen molar-refractivity contribution in [3.63, 3.8) is 0 Å². The smallest absolute Gasteiger partial charge is 0.252 e. The third kappa shape index (κ3) is 2.05. The Hall–Kier alpha value is -0.650. The molecule has 1 aliphatic rings. The Kier molecular flexibility index (Phi) is 3.47. The fourth-order valence-electron chi connectivity index (χ4n) is 2.24. The summed E-state index contributed by atoms with van der Waals surface area (Å²) in [6, 6.07) is 0. The molecule has 5 heteroatoms. The number of amides is 1. The maximum Gasteiger partial charge on any atom is 0.252 e. The number of carbonyl (C=O) groups excluding carboxylic acids is 1. The third-order valence-corrected chi connectivity index (χ3v) is 2.89. The Morgan fingerprint density at radius 2 is 1.93 bits per heavy atom. The molecule has 1 amide bonds. The number of nitrogens with one attached hydrogen (secondary N) is 1. The van der Waals surface area contributed by atoms with Gasteiger partial charge >= 0.3 is 0 Å². The molecule has 0 aromatic rings. The van der Waals surface area contributed by atoms with E-state index in [0.717, 1.165) is 13.1 Å². The Morgan fingerprint density at radius 3 is 2.29 bits per heavy atom. The van der Waals surface area contributed by atoms with Crippen molar-refractivity contribution in [3.05, 3.63) is 0 Å². The van der Waals surface area contributed by atoms with Crippen LogP contribution < -0.4 is 5.48 Å². The monoisotopic (exact) mass is 201 g/mol. The predicted molar refractivity (Wildman–Crippen MR) is 52.8 cm³/mol. The van der Waals surface area contributed by atoms with Crippen molar-refractivity contribution in [1.29, 1.82) is 0 Å². The molecule has 2 N–H and O–H groups in total. The van der Waals surface area contributed by atoms with Gasteiger partial charge in [0.2, 0.25) is 0 Å². The minimum absolute atomic E-state index is 0.279. The zero-order valence-corrected chi connectivity index (χ0v) is 9.08. The van der Waals surface area contributed by atoms with Crippen molar-refractivity contribution in [3.8, 4) is 0 Å². The van der Waals surface area contributed by atoms with E-state index in [-0.39, 0.29) is 5.91 Å². The summed E-state index contributed by atoms with van der Waals surface area (Å²) < 4.78 is 0. The third-order valence-electron chi connectivity index (χ3n) is 2.89. The van der Waals surface area contributed by atoms with E-state index in [9.17, 15) is 4.79 Å². The highest BCUT2D eigenvalue weighted by Gasteiger charge is 2.41. The van der Waals surface area contributed by atoms with Gasteiger partial charge in [0.15, 0.2) is 0 Å². The zero-order valence-electron chi connectivity index (χ0n) is 9.08. The first-order valence-electron chi connectivity index (χ1n) is 4.85. The molecule has 5 nitrogen and oxygen atoms in total. The lowest BCUT2D eigenvalue weighted by molar-refractivity contribution is -0.146. The van der Waals surface area contributed by atoms with Crippen LogP contribution in [0.1, 0.15) is 13.3 Å². The van der Waals surface area contributed by atoms with Crippen molar-refractivity contribution >= 4 is 5.91 Å². The molecular weight excluding hydrogens is 182 g/mol. The molecule has 0 aromatic heterocycles. The molecule has 0 saturated carbocycles. The first kappa shape index (κ1) is 11.4. The summed E-state index contributed by atoms with van der Waals surface area (Å²) in [4.78, 5) is 15.8. The molecule has 0 bridgehead atoms. The number of hydroxylamine groups is 1. The molecule has 0 aromatic carbocycles. The van der Waals surface area contributed by atoms with Crippen LogP contribution in [0, 0.1) is 5.41 Å². The van der Waals surface area contributed by atoms with E-state index in [1.807, 2.05) is 21.0 Å². The van der Waals surface area contributed by atoms with Crippen molar-refractivity contribution in [2.24, 2.45) is 5.41 Å². The van der Waals surface area contributed by atoms with Gasteiger partial charge < -0.3 is 0 Å². The Balaban J connectivity index is 2.81. The van der Waals surface area contributed by atoms with E-state index >= 15 is 0 Å². The first-order chi connectivity index (χ1) is 6.54. The molecule has 1 saturated heterocycles. The van der Waals surface area contributed by atoms with Crippen LogP contribution in [-0.2, 0) is 4.79 Å². The van der Waals surface area contributed by atoms with E-state index in [1.165, 1.54) is 0 Å². The van der Waals surface area contributed by atoms with Gasteiger partial charge in [-0.3, -0.25) is 19.8 Å². The molecule has 0 unspecified atom stereocenters. The van der Waals surface area contributed by atoms with E-state index in [2.05, 4.69) is 9.80 Å². The van der Waals surface area contributed by atoms with Crippen molar-refractivity contribution in [1.82, 2.24) is 15.3 Å². The minimum Gasteiger partial charge on any atom is -0.292 e. The van der Waals surface area contributed by atoms with Gasteiger partial charge in [-0.2, -0.15) is 0 Å². The highest BCUT2D eigenvalue weighted by molar-refractivity contribution is 5.82. The highest BCUT2D eigenvalue weighted by atomic mass is 16.5. The Bertz CT molecular complexity index is 210. The van der Waals surface area contributed by atoms with Gasteiger partial charge in [0, 0.05) is 13.1 Å². The van der Waals surface area contributed by atoms with Crippen LogP contribution in [0.4, 0.5) is 0 Å². The second-order valence-corrected chi connectivity index (χ2v) is 4.24. The Labute approximate surface area is 84.6 Å². The molecule has 0 spiro atoms. The van der Waals surface area contributed by atoms with E-state index in [0.29, 0.717) is 13.1 Å². The van der Waals surface area contributed by atoms with Gasteiger partial charge in [-0.1, -0.05) is 6.92 Å². The molecule has 1 aliphatic heterocycles. The van der Waals surface area contributed by atoms with E-state index in [4.69, 9.17) is 5.21 Å². The summed E-state index contributed by atoms with van der Waals surface area (Å²) in [6.07, 6.45) is 0.730. The number of carbonyl (C=O) groups is 1. The molecule has 82 valence electrons. The lowest BCUT2D eigenvalue weighted by atomic mass is 9.82. The van der Waals surface area contributed by atoms with Gasteiger partial charge in [0.05, 0.1) is 12.1 Å². The average Bonchev–Trinajstić information content (AvgIpc) is 2.14. The maximum atomic E-state index is 11.6. The fraction of sp³-hybridized carbons (Fsp3) is 0.889. The second kappa shape index (κ2) is 4.25. The molecule has 1 heterocycles. The number of hydrogen-bond acceptors (Lipinski definition) is 4. The van der Waals surface area contributed by atoms with E-state index in [1.54, 1.807) is 5.48 Å². The standard InChI is InChI=1S/C9H19N3O2/c1-4-9(8(13)10-14)5-11(2)7-12(3)6-9/h14H,4-7H2,1-3H3,(H,10,13). The Morgan fingerprint density at radius 1 is 1.43 bits per heavy atom. The van der Waals surface area contributed by atoms with Crippen molar-refractivity contribution in [2.75, 3.05) is 33.9 Å². The lowest BCUT2D eigenvalue weighted by Gasteiger charge is -2.43. The number of hydrogen-bond donors (Lipinski definition) is 2. The van der Waals surface area contributed by atoms with Crippen LogP contribution in [0.5, 0.6) is 0 Å². The molecule has 1 fully saturated rings. The first-order valence-corrected chi connectivity index (χ1v) is 4.85. The zero-order chi connectivity index (χ0) is 10.8. The number of rotatable bonds is 2. The van der Waals surface area contributed by atoms with Crippen LogP contribution >= 0.6 is 0 Å². The largest absolute Gasteiger partial charge is 0.292 e. The SMILES string of the molecule is CCC1(C(=O)NO)CN(C)CN(C)C1. The van der Waals surface area contributed by atoms with Gasteiger partial charge in [-0.05, 0) is 20.5 Å². The molecule has 0 atom stereocenters. The number of nitrogens with zero attached hydrogens (tertiary/aromatic N) is 2.